The van der Waals surface area contributed by atoms with Gasteiger partial charge in [0.15, 0.2) is 0 Å². The SMILES string of the molecule is CC(C)N1C(=O)CCCC(N)C1c1ccc(Cl)cc1Br. The van der Waals surface area contributed by atoms with Crippen LogP contribution in [0.1, 0.15) is 44.7 Å². The molecule has 2 N–H and O–H groups in total. The molecule has 0 aromatic heterocycles. The molecule has 1 aliphatic rings. The number of hydrogen-bond donors (Lipinski definition) is 1. The van der Waals surface area contributed by atoms with Crippen molar-refractivity contribution >= 4 is 33.4 Å². The standard InChI is InChI=1S/C15H20BrClN2O/c1-9(2)19-14(20)5-3-4-13(18)15(19)11-7-6-10(17)8-12(11)16/h6-9,13,15H,3-5,18H2,1-2H3. The maximum Gasteiger partial charge on any atom is 0.223 e. The summed E-state index contributed by atoms with van der Waals surface area (Å²) < 4.78 is 0.908. The Balaban J connectivity index is 2.48. The highest BCUT2D eigenvalue weighted by Gasteiger charge is 2.35. The van der Waals surface area contributed by atoms with Gasteiger partial charge in [0.1, 0.15) is 0 Å². The van der Waals surface area contributed by atoms with E-state index in [1.54, 1.807) is 0 Å². The van der Waals surface area contributed by atoms with Gasteiger partial charge in [-0.25, -0.2) is 0 Å². The van der Waals surface area contributed by atoms with E-state index in [4.69, 9.17) is 17.3 Å². The fourth-order valence-electron chi connectivity index (χ4n) is 2.87. The van der Waals surface area contributed by atoms with Gasteiger partial charge in [-0.1, -0.05) is 33.6 Å². The van der Waals surface area contributed by atoms with Gasteiger partial charge < -0.3 is 10.6 Å². The van der Waals surface area contributed by atoms with E-state index in [1.807, 2.05) is 36.9 Å². The molecule has 1 amide bonds. The highest BCUT2D eigenvalue weighted by Crippen LogP contribution is 2.36. The molecular formula is C15H20BrClN2O. The average molecular weight is 360 g/mol. The third-order valence-corrected chi connectivity index (χ3v) is 4.68. The first-order valence-corrected chi connectivity index (χ1v) is 8.10. The van der Waals surface area contributed by atoms with E-state index in [1.165, 1.54) is 0 Å². The molecule has 20 heavy (non-hydrogen) atoms. The number of benzene rings is 1. The first-order valence-electron chi connectivity index (χ1n) is 6.93. The number of carbonyl (C=O) groups is 1. The number of nitrogens with two attached hydrogens (primary N) is 1. The molecule has 1 saturated heterocycles. The van der Waals surface area contributed by atoms with Crippen LogP contribution in [-0.2, 0) is 4.79 Å². The lowest BCUT2D eigenvalue weighted by Gasteiger charge is -2.37. The molecule has 1 aromatic carbocycles. The third-order valence-electron chi connectivity index (χ3n) is 3.76. The van der Waals surface area contributed by atoms with Crippen molar-refractivity contribution in [2.45, 2.75) is 51.2 Å². The Hall–Kier alpha value is -0.580. The molecule has 0 bridgehead atoms. The van der Waals surface area contributed by atoms with Crippen LogP contribution in [0.15, 0.2) is 22.7 Å². The molecule has 0 saturated carbocycles. The molecule has 0 aliphatic carbocycles. The smallest absolute Gasteiger partial charge is 0.223 e. The summed E-state index contributed by atoms with van der Waals surface area (Å²) >= 11 is 9.56. The van der Waals surface area contributed by atoms with Crippen LogP contribution < -0.4 is 5.73 Å². The zero-order valence-corrected chi connectivity index (χ0v) is 14.1. The fraction of sp³-hybridized carbons (Fsp3) is 0.533. The lowest BCUT2D eigenvalue weighted by atomic mass is 9.95. The van der Waals surface area contributed by atoms with Crippen molar-refractivity contribution in [1.82, 2.24) is 4.90 Å². The second kappa shape index (κ2) is 6.46. The second-order valence-electron chi connectivity index (χ2n) is 5.56. The van der Waals surface area contributed by atoms with Crippen LogP contribution >= 0.6 is 27.5 Å². The van der Waals surface area contributed by atoms with Gasteiger partial charge in [-0.05, 0) is 44.4 Å². The van der Waals surface area contributed by atoms with Crippen molar-refractivity contribution in [2.24, 2.45) is 5.73 Å². The van der Waals surface area contributed by atoms with Gasteiger partial charge in [0.05, 0.1) is 6.04 Å². The van der Waals surface area contributed by atoms with Gasteiger partial charge in [-0.2, -0.15) is 0 Å². The summed E-state index contributed by atoms with van der Waals surface area (Å²) in [6.07, 6.45) is 2.28. The molecule has 5 heteroatoms. The van der Waals surface area contributed by atoms with Crippen molar-refractivity contribution in [3.8, 4) is 0 Å². The number of rotatable bonds is 2. The van der Waals surface area contributed by atoms with Gasteiger partial charge in [-0.15, -0.1) is 0 Å². The Morgan fingerprint density at radius 3 is 2.75 bits per heavy atom. The molecule has 0 radical (unpaired) electrons. The molecule has 1 aliphatic heterocycles. The summed E-state index contributed by atoms with van der Waals surface area (Å²) in [5.41, 5.74) is 7.39. The van der Waals surface area contributed by atoms with Crippen LogP contribution in [0.3, 0.4) is 0 Å². The zero-order chi connectivity index (χ0) is 14.9. The highest BCUT2D eigenvalue weighted by atomic mass is 79.9. The molecule has 2 unspecified atom stereocenters. The zero-order valence-electron chi connectivity index (χ0n) is 11.8. The Kier molecular flexibility index (Phi) is 5.10. The maximum absolute atomic E-state index is 12.4. The number of amides is 1. The third kappa shape index (κ3) is 3.18. The Bertz CT molecular complexity index is 507. The van der Waals surface area contributed by atoms with Crippen LogP contribution in [0.2, 0.25) is 5.02 Å². The average Bonchev–Trinajstić information content (AvgIpc) is 2.49. The van der Waals surface area contributed by atoms with Crippen molar-refractivity contribution < 1.29 is 4.79 Å². The molecular weight excluding hydrogens is 340 g/mol. The summed E-state index contributed by atoms with van der Waals surface area (Å²) in [6.45, 7) is 4.07. The van der Waals surface area contributed by atoms with Crippen molar-refractivity contribution in [1.29, 1.82) is 0 Å². The molecule has 2 rings (SSSR count). The van der Waals surface area contributed by atoms with Crippen molar-refractivity contribution in [2.75, 3.05) is 0 Å². The molecule has 1 heterocycles. The Morgan fingerprint density at radius 1 is 1.45 bits per heavy atom. The number of hydrogen-bond acceptors (Lipinski definition) is 2. The Morgan fingerprint density at radius 2 is 2.15 bits per heavy atom. The van der Waals surface area contributed by atoms with E-state index in [0.717, 1.165) is 22.9 Å². The minimum atomic E-state index is -0.100. The van der Waals surface area contributed by atoms with E-state index in [0.29, 0.717) is 11.4 Å². The van der Waals surface area contributed by atoms with E-state index in [9.17, 15) is 4.79 Å². The number of halogens is 2. The van der Waals surface area contributed by atoms with Crippen molar-refractivity contribution in [3.05, 3.63) is 33.3 Å². The van der Waals surface area contributed by atoms with Crippen LogP contribution in [0.5, 0.6) is 0 Å². The van der Waals surface area contributed by atoms with Crippen LogP contribution in [0, 0.1) is 0 Å². The minimum Gasteiger partial charge on any atom is -0.332 e. The quantitative estimate of drug-likeness (QED) is 0.870. The molecule has 3 nitrogen and oxygen atoms in total. The monoisotopic (exact) mass is 358 g/mol. The normalized spacial score (nSPS) is 24.1. The summed E-state index contributed by atoms with van der Waals surface area (Å²) in [6, 6.07) is 5.64. The largest absolute Gasteiger partial charge is 0.332 e. The van der Waals surface area contributed by atoms with E-state index < -0.39 is 0 Å². The molecule has 1 fully saturated rings. The van der Waals surface area contributed by atoms with Gasteiger partial charge in [-0.3, -0.25) is 4.79 Å². The van der Waals surface area contributed by atoms with E-state index >= 15 is 0 Å². The minimum absolute atomic E-state index is 0.0543. The summed E-state index contributed by atoms with van der Waals surface area (Å²) in [4.78, 5) is 14.3. The molecule has 2 atom stereocenters. The maximum atomic E-state index is 12.4. The van der Waals surface area contributed by atoms with Crippen LogP contribution in [0.25, 0.3) is 0 Å². The summed E-state index contributed by atoms with van der Waals surface area (Å²) in [5.74, 6) is 0.180. The second-order valence-corrected chi connectivity index (χ2v) is 6.85. The summed E-state index contributed by atoms with van der Waals surface area (Å²) in [7, 11) is 0. The molecule has 0 spiro atoms. The summed E-state index contributed by atoms with van der Waals surface area (Å²) in [5, 5.41) is 0.672. The van der Waals surface area contributed by atoms with Gasteiger partial charge in [0, 0.05) is 28.0 Å². The molecule has 1 aromatic rings. The number of nitrogens with zero attached hydrogens (tertiary/aromatic N) is 1. The Labute approximate surface area is 133 Å². The van der Waals surface area contributed by atoms with Gasteiger partial charge in [0.25, 0.3) is 0 Å². The van der Waals surface area contributed by atoms with Gasteiger partial charge in [0.2, 0.25) is 5.91 Å². The number of likely N-dealkylation sites (tertiary alicyclic amines) is 1. The molecule has 110 valence electrons. The number of carbonyl (C=O) groups excluding carboxylic acids is 1. The first kappa shape index (κ1) is 15.8. The fourth-order valence-corrected chi connectivity index (χ4v) is 3.79. The van der Waals surface area contributed by atoms with E-state index in [-0.39, 0.29) is 24.0 Å². The highest BCUT2D eigenvalue weighted by molar-refractivity contribution is 9.10. The predicted molar refractivity (Wildman–Crippen MR) is 85.7 cm³/mol. The lowest BCUT2D eigenvalue weighted by molar-refractivity contribution is -0.135. The first-order chi connectivity index (χ1) is 9.41. The topological polar surface area (TPSA) is 46.3 Å². The van der Waals surface area contributed by atoms with Crippen molar-refractivity contribution in [3.63, 3.8) is 0 Å². The van der Waals surface area contributed by atoms with Crippen LogP contribution in [0.4, 0.5) is 0 Å². The van der Waals surface area contributed by atoms with Crippen LogP contribution in [-0.4, -0.2) is 22.9 Å². The van der Waals surface area contributed by atoms with E-state index in [2.05, 4.69) is 15.9 Å². The van der Waals surface area contributed by atoms with Gasteiger partial charge >= 0.3 is 0 Å². The lowest BCUT2D eigenvalue weighted by Crippen LogP contribution is -2.45. The predicted octanol–water partition coefficient (Wildman–Crippen LogP) is 3.89.